The normalized spacial score (nSPS) is 24.1. The van der Waals surface area contributed by atoms with E-state index in [0.29, 0.717) is 11.3 Å². The number of aryl methyl sites for hydroxylation is 2. The van der Waals surface area contributed by atoms with Crippen molar-refractivity contribution in [2.24, 2.45) is 23.7 Å². The summed E-state index contributed by atoms with van der Waals surface area (Å²) in [5, 5.41) is 9.56. The summed E-state index contributed by atoms with van der Waals surface area (Å²) in [4.78, 5) is 28.7. The van der Waals surface area contributed by atoms with Crippen molar-refractivity contribution in [3.8, 4) is 6.07 Å². The van der Waals surface area contributed by atoms with Gasteiger partial charge in [-0.3, -0.25) is 9.59 Å². The van der Waals surface area contributed by atoms with E-state index in [1.165, 1.54) is 16.0 Å². The van der Waals surface area contributed by atoms with Crippen molar-refractivity contribution >= 4 is 23.1 Å². The van der Waals surface area contributed by atoms with Gasteiger partial charge in [0.25, 0.3) is 0 Å². The fourth-order valence-electron chi connectivity index (χ4n) is 6.04. The molecule has 4 atom stereocenters. The zero-order valence-corrected chi connectivity index (χ0v) is 19.6. The largest absolute Gasteiger partial charge is 0.274 e. The molecule has 2 amide bonds. The Morgan fingerprint density at radius 3 is 1.71 bits per heavy atom. The fourth-order valence-corrected chi connectivity index (χ4v) is 6.04. The van der Waals surface area contributed by atoms with E-state index < -0.39 is 11.8 Å². The van der Waals surface area contributed by atoms with Crippen LogP contribution in [0.5, 0.6) is 0 Å². The van der Waals surface area contributed by atoms with Gasteiger partial charge in [-0.2, -0.15) is 5.26 Å². The van der Waals surface area contributed by atoms with Crippen LogP contribution in [0, 0.1) is 48.9 Å². The molecule has 1 saturated heterocycles. The van der Waals surface area contributed by atoms with Gasteiger partial charge in [0, 0.05) is 11.8 Å². The van der Waals surface area contributed by atoms with Gasteiger partial charge in [-0.05, 0) is 48.3 Å². The van der Waals surface area contributed by atoms with E-state index in [2.05, 4.69) is 80.6 Å². The highest BCUT2D eigenvalue weighted by Gasteiger charge is 2.62. The van der Waals surface area contributed by atoms with Crippen molar-refractivity contribution in [1.82, 2.24) is 0 Å². The number of hydrogen-bond acceptors (Lipinski definition) is 3. The summed E-state index contributed by atoms with van der Waals surface area (Å²) in [5.41, 5.74) is 7.56. The smallest absolute Gasteiger partial charge is 0.238 e. The predicted molar refractivity (Wildman–Crippen MR) is 135 cm³/mol. The number of anilines is 1. The Labute approximate surface area is 204 Å². The molecule has 1 aliphatic heterocycles. The van der Waals surface area contributed by atoms with Crippen LogP contribution in [0.15, 0.2) is 90.5 Å². The summed E-state index contributed by atoms with van der Waals surface area (Å²) in [7, 11) is 0. The Hall–Kier alpha value is -4.23. The summed E-state index contributed by atoms with van der Waals surface area (Å²) >= 11 is 0. The number of fused-ring (bicyclic) bond motifs is 5. The van der Waals surface area contributed by atoms with Gasteiger partial charge < -0.3 is 0 Å². The highest BCUT2D eigenvalue weighted by Crippen LogP contribution is 2.59. The SMILES string of the molecule is Cc1ccc(C(=C2[C@H]3C=C[C@H]2[C@H]2C(=O)N(c4ccccc4C#N)C(=O)[C@@H]23)c2ccc(C)cc2)cc1. The number of rotatable bonds is 3. The number of hydrogen-bond donors (Lipinski definition) is 0. The monoisotopic (exact) mass is 456 g/mol. The van der Waals surface area contributed by atoms with Crippen LogP contribution in [-0.4, -0.2) is 11.8 Å². The number of nitrogens with zero attached hydrogens (tertiary/aromatic N) is 2. The van der Waals surface area contributed by atoms with Crippen LogP contribution in [0.2, 0.25) is 0 Å². The lowest BCUT2D eigenvalue weighted by molar-refractivity contribution is -0.122. The molecule has 6 rings (SSSR count). The molecular formula is C31H24N2O2. The molecule has 2 fully saturated rings. The number of amides is 2. The van der Waals surface area contributed by atoms with Crippen molar-refractivity contribution in [2.45, 2.75) is 13.8 Å². The number of para-hydroxylation sites is 1. The first kappa shape index (κ1) is 21.3. The maximum atomic E-state index is 13.7. The second kappa shape index (κ2) is 7.92. The Morgan fingerprint density at radius 1 is 0.743 bits per heavy atom. The van der Waals surface area contributed by atoms with Crippen molar-refractivity contribution in [3.05, 3.63) is 118 Å². The zero-order chi connectivity index (χ0) is 24.3. The average molecular weight is 457 g/mol. The summed E-state index contributed by atoms with van der Waals surface area (Å²) < 4.78 is 0. The van der Waals surface area contributed by atoms with Crippen molar-refractivity contribution in [3.63, 3.8) is 0 Å². The van der Waals surface area contributed by atoms with Gasteiger partial charge in [0.05, 0.1) is 23.1 Å². The van der Waals surface area contributed by atoms with Crippen molar-refractivity contribution < 1.29 is 9.59 Å². The third-order valence-corrected chi connectivity index (χ3v) is 7.65. The maximum absolute atomic E-state index is 13.7. The lowest BCUT2D eigenvalue weighted by Gasteiger charge is -2.22. The minimum Gasteiger partial charge on any atom is -0.274 e. The molecule has 0 radical (unpaired) electrons. The van der Waals surface area contributed by atoms with E-state index in [-0.39, 0.29) is 23.7 Å². The minimum atomic E-state index is -0.440. The number of allylic oxidation sites excluding steroid dienone is 3. The van der Waals surface area contributed by atoms with Crippen molar-refractivity contribution in [2.75, 3.05) is 4.90 Å². The molecule has 3 aliphatic rings. The molecule has 2 bridgehead atoms. The quantitative estimate of drug-likeness (QED) is 0.381. The molecule has 1 heterocycles. The van der Waals surface area contributed by atoms with E-state index in [0.717, 1.165) is 22.3 Å². The second-order valence-electron chi connectivity index (χ2n) is 9.69. The van der Waals surface area contributed by atoms with Gasteiger partial charge in [0.15, 0.2) is 0 Å². The minimum absolute atomic E-state index is 0.140. The van der Waals surface area contributed by atoms with Crippen LogP contribution in [0.3, 0.4) is 0 Å². The van der Waals surface area contributed by atoms with Crippen LogP contribution in [0.4, 0.5) is 5.69 Å². The number of benzene rings is 3. The van der Waals surface area contributed by atoms with E-state index in [1.807, 2.05) is 0 Å². The van der Waals surface area contributed by atoms with Gasteiger partial charge in [0.1, 0.15) is 6.07 Å². The average Bonchev–Trinajstić information content (AvgIpc) is 3.50. The van der Waals surface area contributed by atoms with E-state index >= 15 is 0 Å². The predicted octanol–water partition coefficient (Wildman–Crippen LogP) is 5.60. The standard InChI is InChI=1S/C31H24N2O2/c1-18-7-11-20(12-8-18)26(21-13-9-19(2)10-14-21)27-23-15-16-24(27)29-28(23)30(34)33(31(29)35)25-6-4-3-5-22(25)17-32/h3-16,23-24,28-29H,1-2H3/t23-,24-,28-,29-/m1/s1. The topological polar surface area (TPSA) is 61.2 Å². The zero-order valence-electron chi connectivity index (χ0n) is 19.6. The van der Waals surface area contributed by atoms with Crippen LogP contribution < -0.4 is 4.90 Å². The maximum Gasteiger partial charge on any atom is 0.238 e. The molecule has 35 heavy (non-hydrogen) atoms. The number of carbonyl (C=O) groups excluding carboxylic acids is 2. The molecule has 0 unspecified atom stereocenters. The lowest BCUT2D eigenvalue weighted by atomic mass is 9.85. The fraction of sp³-hybridized carbons (Fsp3) is 0.194. The molecule has 170 valence electrons. The highest BCUT2D eigenvalue weighted by atomic mass is 16.2. The molecule has 2 aliphatic carbocycles. The third-order valence-electron chi connectivity index (χ3n) is 7.65. The van der Waals surface area contributed by atoms with E-state index in [4.69, 9.17) is 0 Å². The summed E-state index contributed by atoms with van der Waals surface area (Å²) in [6, 6.07) is 25.9. The summed E-state index contributed by atoms with van der Waals surface area (Å²) in [6.07, 6.45) is 4.21. The highest BCUT2D eigenvalue weighted by molar-refractivity contribution is 6.24. The third kappa shape index (κ3) is 3.12. The Bertz CT molecular complexity index is 1390. The van der Waals surface area contributed by atoms with Gasteiger partial charge in [-0.15, -0.1) is 0 Å². The first-order valence-corrected chi connectivity index (χ1v) is 11.9. The van der Waals surface area contributed by atoms with Crippen LogP contribution >= 0.6 is 0 Å². The van der Waals surface area contributed by atoms with Gasteiger partial charge in [0.2, 0.25) is 11.8 Å². The summed E-state index contributed by atoms with van der Waals surface area (Å²) in [5.74, 6) is -1.57. The number of nitriles is 1. The van der Waals surface area contributed by atoms with Crippen LogP contribution in [-0.2, 0) is 9.59 Å². The van der Waals surface area contributed by atoms with Gasteiger partial charge >= 0.3 is 0 Å². The van der Waals surface area contributed by atoms with E-state index in [9.17, 15) is 14.9 Å². The van der Waals surface area contributed by atoms with E-state index in [1.54, 1.807) is 24.3 Å². The Morgan fingerprint density at radius 2 is 1.23 bits per heavy atom. The Balaban J connectivity index is 1.50. The Kier molecular flexibility index (Phi) is 4.82. The molecule has 3 aromatic rings. The van der Waals surface area contributed by atoms with Crippen molar-refractivity contribution in [1.29, 1.82) is 5.26 Å². The molecule has 1 saturated carbocycles. The molecular weight excluding hydrogens is 432 g/mol. The first-order valence-electron chi connectivity index (χ1n) is 11.9. The van der Waals surface area contributed by atoms with Gasteiger partial charge in [-0.1, -0.05) is 83.9 Å². The van der Waals surface area contributed by atoms with Crippen LogP contribution in [0.25, 0.3) is 5.57 Å². The first-order chi connectivity index (χ1) is 17.0. The van der Waals surface area contributed by atoms with Crippen LogP contribution in [0.1, 0.15) is 27.8 Å². The van der Waals surface area contributed by atoms with Gasteiger partial charge in [-0.25, -0.2) is 4.90 Å². The molecule has 0 spiro atoms. The molecule has 4 nitrogen and oxygen atoms in total. The number of imide groups is 1. The molecule has 0 aromatic heterocycles. The number of carbonyl (C=O) groups is 2. The summed E-state index contributed by atoms with van der Waals surface area (Å²) in [6.45, 7) is 4.14. The molecule has 0 N–H and O–H groups in total. The molecule has 4 heteroatoms. The molecule has 3 aromatic carbocycles. The lowest BCUT2D eigenvalue weighted by Crippen LogP contribution is -2.33. The second-order valence-corrected chi connectivity index (χ2v) is 9.69.